The van der Waals surface area contributed by atoms with Crippen molar-refractivity contribution in [2.75, 3.05) is 11.9 Å². The van der Waals surface area contributed by atoms with E-state index in [4.69, 9.17) is 16.3 Å². The molecule has 6 nitrogen and oxygen atoms in total. The van der Waals surface area contributed by atoms with Gasteiger partial charge in [-0.2, -0.15) is 13.2 Å². The molecule has 2 atom stereocenters. The molecule has 0 aromatic carbocycles. The number of anilines is 1. The Morgan fingerprint density at radius 3 is 2.45 bits per heavy atom. The lowest BCUT2D eigenvalue weighted by Crippen LogP contribution is -2.55. The molecule has 3 rings (SSSR count). The van der Waals surface area contributed by atoms with Crippen molar-refractivity contribution in [3.05, 3.63) is 16.9 Å². The Kier molecular flexibility index (Phi) is 6.17. The molecular formula is C19H26ClF3N4O2. The van der Waals surface area contributed by atoms with Crippen LogP contribution in [0.4, 0.5) is 23.9 Å². The molecule has 1 saturated heterocycles. The highest BCUT2D eigenvalue weighted by Gasteiger charge is 2.40. The second kappa shape index (κ2) is 8.16. The summed E-state index contributed by atoms with van der Waals surface area (Å²) < 4.78 is 44.1. The van der Waals surface area contributed by atoms with Crippen LogP contribution in [-0.2, 0) is 10.9 Å². The van der Waals surface area contributed by atoms with Crippen molar-refractivity contribution >= 4 is 23.6 Å². The van der Waals surface area contributed by atoms with Crippen LogP contribution in [-0.4, -0.2) is 45.2 Å². The SMILES string of the molecule is CC(C)(C)OC(=O)N1C[C@@H](Nc2ncc(C(F)(F)F)c(Cl)n2)CCC1C1CCC1. The number of hydrogen-bond donors (Lipinski definition) is 1. The first-order chi connectivity index (χ1) is 13.4. The monoisotopic (exact) mass is 434 g/mol. The van der Waals surface area contributed by atoms with Gasteiger partial charge in [0.05, 0.1) is 0 Å². The van der Waals surface area contributed by atoms with Crippen LogP contribution in [0.1, 0.15) is 58.4 Å². The van der Waals surface area contributed by atoms with Crippen molar-refractivity contribution < 1.29 is 22.7 Å². The van der Waals surface area contributed by atoms with Gasteiger partial charge in [0.25, 0.3) is 0 Å². The van der Waals surface area contributed by atoms with E-state index in [0.29, 0.717) is 18.7 Å². The lowest BCUT2D eigenvalue weighted by atomic mass is 9.75. The van der Waals surface area contributed by atoms with Gasteiger partial charge in [0.15, 0.2) is 0 Å². The van der Waals surface area contributed by atoms with Crippen LogP contribution in [0.2, 0.25) is 5.15 Å². The number of carbonyl (C=O) groups is 1. The molecule has 0 spiro atoms. The topological polar surface area (TPSA) is 67.3 Å². The number of piperidine rings is 1. The molecule has 1 aliphatic carbocycles. The van der Waals surface area contributed by atoms with Gasteiger partial charge in [-0.1, -0.05) is 18.0 Å². The maximum atomic E-state index is 12.8. The lowest BCUT2D eigenvalue weighted by molar-refractivity contribution is -0.137. The highest BCUT2D eigenvalue weighted by Crippen LogP contribution is 2.38. The van der Waals surface area contributed by atoms with E-state index in [1.54, 1.807) is 4.90 Å². The van der Waals surface area contributed by atoms with E-state index in [-0.39, 0.29) is 24.1 Å². The lowest BCUT2D eigenvalue weighted by Gasteiger charge is -2.46. The Morgan fingerprint density at radius 2 is 1.93 bits per heavy atom. The second-order valence-corrected chi connectivity index (χ2v) is 9.06. The number of aromatic nitrogens is 2. The van der Waals surface area contributed by atoms with Crippen molar-refractivity contribution in [3.63, 3.8) is 0 Å². The second-order valence-electron chi connectivity index (χ2n) is 8.71. The third kappa shape index (κ3) is 5.43. The zero-order chi connectivity index (χ0) is 21.4. The zero-order valence-corrected chi connectivity index (χ0v) is 17.5. The van der Waals surface area contributed by atoms with Gasteiger partial charge in [0, 0.05) is 24.8 Å². The van der Waals surface area contributed by atoms with Crippen molar-refractivity contribution in [2.24, 2.45) is 5.92 Å². The number of carbonyl (C=O) groups excluding carboxylic acids is 1. The van der Waals surface area contributed by atoms with Gasteiger partial charge < -0.3 is 15.0 Å². The average Bonchev–Trinajstić information content (AvgIpc) is 2.51. The summed E-state index contributed by atoms with van der Waals surface area (Å²) in [4.78, 5) is 22.0. The normalized spacial score (nSPS) is 23.5. The highest BCUT2D eigenvalue weighted by atomic mass is 35.5. The van der Waals surface area contributed by atoms with Crippen molar-refractivity contribution in [3.8, 4) is 0 Å². The van der Waals surface area contributed by atoms with E-state index >= 15 is 0 Å². The van der Waals surface area contributed by atoms with Crippen LogP contribution in [0.3, 0.4) is 0 Å². The summed E-state index contributed by atoms with van der Waals surface area (Å²) in [6.07, 6.45) is 0.598. The summed E-state index contributed by atoms with van der Waals surface area (Å²) in [5, 5.41) is 2.37. The Labute approximate surface area is 173 Å². The first kappa shape index (κ1) is 21.9. The molecule has 10 heteroatoms. The van der Waals surface area contributed by atoms with Gasteiger partial charge in [-0.25, -0.2) is 14.8 Å². The minimum atomic E-state index is -4.61. The molecule has 1 aromatic rings. The van der Waals surface area contributed by atoms with Crippen LogP contribution in [0, 0.1) is 5.92 Å². The average molecular weight is 435 g/mol. The summed E-state index contributed by atoms with van der Waals surface area (Å²) in [7, 11) is 0. The van der Waals surface area contributed by atoms with Crippen LogP contribution in [0.5, 0.6) is 0 Å². The highest BCUT2D eigenvalue weighted by molar-refractivity contribution is 6.30. The van der Waals surface area contributed by atoms with Gasteiger partial charge in [0.2, 0.25) is 5.95 Å². The number of ether oxygens (including phenoxy) is 1. The fourth-order valence-corrected chi connectivity index (χ4v) is 3.99. The molecular weight excluding hydrogens is 409 g/mol. The maximum Gasteiger partial charge on any atom is 0.420 e. The standard InChI is InChI=1S/C19H26ClF3N4O2/c1-18(2,3)29-17(28)27-10-12(7-8-14(27)11-5-4-6-11)25-16-24-9-13(15(20)26-16)19(21,22)23/h9,11-12,14H,4-8,10H2,1-3H3,(H,24,25,26)/t12-,14?/m0/s1. The molecule has 0 radical (unpaired) electrons. The Bertz CT molecular complexity index is 750. The fourth-order valence-electron chi connectivity index (χ4n) is 3.76. The number of hydrogen-bond acceptors (Lipinski definition) is 5. The van der Waals surface area contributed by atoms with Gasteiger partial charge in [-0.3, -0.25) is 0 Å². The molecule has 162 valence electrons. The summed E-state index contributed by atoms with van der Waals surface area (Å²) in [5.41, 5.74) is -1.68. The largest absolute Gasteiger partial charge is 0.444 e. The number of nitrogens with zero attached hydrogens (tertiary/aromatic N) is 3. The van der Waals surface area contributed by atoms with E-state index in [0.717, 1.165) is 25.7 Å². The first-order valence-corrected chi connectivity index (χ1v) is 10.2. The van der Waals surface area contributed by atoms with Crippen LogP contribution >= 0.6 is 11.6 Å². The predicted molar refractivity (Wildman–Crippen MR) is 103 cm³/mol. The number of alkyl halides is 3. The van der Waals surface area contributed by atoms with Gasteiger partial charge in [0.1, 0.15) is 16.3 Å². The molecule has 1 aliphatic heterocycles. The number of rotatable bonds is 3. The van der Waals surface area contributed by atoms with Crippen molar-refractivity contribution in [2.45, 2.75) is 76.7 Å². The first-order valence-electron chi connectivity index (χ1n) is 9.80. The van der Waals surface area contributed by atoms with Crippen molar-refractivity contribution in [1.82, 2.24) is 14.9 Å². The van der Waals surface area contributed by atoms with Crippen molar-refractivity contribution in [1.29, 1.82) is 0 Å². The third-order valence-electron chi connectivity index (χ3n) is 5.33. The van der Waals surface area contributed by atoms with Gasteiger partial charge in [-0.05, 0) is 52.4 Å². The van der Waals surface area contributed by atoms with Crippen LogP contribution < -0.4 is 5.32 Å². The minimum absolute atomic E-state index is 0.0132. The predicted octanol–water partition coefficient (Wildman–Crippen LogP) is 5.13. The fraction of sp³-hybridized carbons (Fsp3) is 0.737. The van der Waals surface area contributed by atoms with Gasteiger partial charge >= 0.3 is 12.3 Å². The van der Waals surface area contributed by atoms with E-state index < -0.39 is 22.5 Å². The minimum Gasteiger partial charge on any atom is -0.444 e. The molecule has 1 amide bonds. The molecule has 1 saturated carbocycles. The Morgan fingerprint density at radius 1 is 1.24 bits per heavy atom. The van der Waals surface area contributed by atoms with E-state index in [1.807, 2.05) is 20.8 Å². The summed E-state index contributed by atoms with van der Waals surface area (Å²) in [6.45, 7) is 5.83. The summed E-state index contributed by atoms with van der Waals surface area (Å²) in [6, 6.07) is -0.0830. The molecule has 2 heterocycles. The Balaban J connectivity index is 1.71. The number of halogens is 4. The van der Waals surface area contributed by atoms with E-state index in [2.05, 4.69) is 15.3 Å². The number of nitrogens with one attached hydrogen (secondary N) is 1. The molecule has 1 aromatic heterocycles. The zero-order valence-electron chi connectivity index (χ0n) is 16.7. The number of amides is 1. The molecule has 2 fully saturated rings. The number of likely N-dealkylation sites (tertiary alicyclic amines) is 1. The molecule has 1 N–H and O–H groups in total. The summed E-state index contributed by atoms with van der Waals surface area (Å²) >= 11 is 5.68. The quantitative estimate of drug-likeness (QED) is 0.668. The van der Waals surface area contributed by atoms with E-state index in [1.165, 1.54) is 6.42 Å². The van der Waals surface area contributed by atoms with Crippen LogP contribution in [0.15, 0.2) is 6.20 Å². The molecule has 1 unspecified atom stereocenters. The Hall–Kier alpha value is -1.77. The molecule has 2 aliphatic rings. The third-order valence-corrected chi connectivity index (χ3v) is 5.62. The van der Waals surface area contributed by atoms with E-state index in [9.17, 15) is 18.0 Å². The van der Waals surface area contributed by atoms with Crippen LogP contribution in [0.25, 0.3) is 0 Å². The molecule has 29 heavy (non-hydrogen) atoms. The molecule has 0 bridgehead atoms. The smallest absolute Gasteiger partial charge is 0.420 e. The maximum absolute atomic E-state index is 12.8. The van der Waals surface area contributed by atoms with Gasteiger partial charge in [-0.15, -0.1) is 0 Å². The summed E-state index contributed by atoms with van der Waals surface area (Å²) in [5.74, 6) is 0.486.